The van der Waals surface area contributed by atoms with Crippen LogP contribution >= 0.6 is 0 Å². The molecule has 0 aliphatic carbocycles. The Morgan fingerprint density at radius 1 is 0.698 bits per heavy atom. The highest BCUT2D eigenvalue weighted by atomic mass is 19.4. The van der Waals surface area contributed by atoms with Crippen molar-refractivity contribution in [3.05, 3.63) is 78.4 Å². The molecule has 0 radical (unpaired) electrons. The van der Waals surface area contributed by atoms with Crippen LogP contribution in [-0.4, -0.2) is 24.2 Å². The van der Waals surface area contributed by atoms with Crippen LogP contribution in [0.25, 0.3) is 22.3 Å². The molecule has 3 aromatic carbocycles. The second kappa shape index (κ2) is 17.5. The van der Waals surface area contributed by atoms with E-state index in [2.05, 4.69) is 6.92 Å². The highest BCUT2D eigenvalue weighted by molar-refractivity contribution is 5.92. The number of carbonyl (C=O) groups excluding carboxylic acids is 2. The average Bonchev–Trinajstić information content (AvgIpc) is 3.00. The third-order valence-corrected chi connectivity index (χ3v) is 7.41. The molecule has 43 heavy (non-hydrogen) atoms. The molecule has 4 nitrogen and oxygen atoms in total. The predicted octanol–water partition coefficient (Wildman–Crippen LogP) is 10.7. The van der Waals surface area contributed by atoms with Gasteiger partial charge in [0.25, 0.3) is 0 Å². The maximum atomic E-state index is 13.7. The minimum absolute atomic E-state index is 0.102. The quantitative estimate of drug-likeness (QED) is 0.0884. The van der Waals surface area contributed by atoms with Crippen LogP contribution in [0.3, 0.4) is 0 Å². The highest BCUT2D eigenvalue weighted by Gasteiger charge is 2.42. The minimum Gasteiger partial charge on any atom is -0.449 e. The number of esters is 2. The first-order valence-corrected chi connectivity index (χ1v) is 15.5. The molecule has 0 N–H and O–H groups in total. The van der Waals surface area contributed by atoms with E-state index in [4.69, 9.17) is 9.47 Å². The smallest absolute Gasteiger partial charge is 0.425 e. The van der Waals surface area contributed by atoms with E-state index >= 15 is 0 Å². The molecule has 3 aromatic rings. The van der Waals surface area contributed by atoms with Crippen LogP contribution in [0.2, 0.25) is 0 Å². The topological polar surface area (TPSA) is 52.6 Å². The number of hydrogen-bond donors (Lipinski definition) is 0. The summed E-state index contributed by atoms with van der Waals surface area (Å²) in [6.07, 6.45) is 1.75. The van der Waals surface area contributed by atoms with E-state index in [-0.39, 0.29) is 24.2 Å². The van der Waals surface area contributed by atoms with Crippen LogP contribution in [0.5, 0.6) is 5.75 Å². The van der Waals surface area contributed by atoms with Gasteiger partial charge in [0.1, 0.15) is 5.75 Å². The van der Waals surface area contributed by atoms with E-state index in [1.165, 1.54) is 12.1 Å². The molecule has 0 bridgehead atoms. The summed E-state index contributed by atoms with van der Waals surface area (Å²) in [6, 6.07) is 21.8. The van der Waals surface area contributed by atoms with E-state index in [0.717, 1.165) is 61.6 Å². The van der Waals surface area contributed by atoms with Gasteiger partial charge >= 0.3 is 18.1 Å². The molecule has 7 heteroatoms. The summed E-state index contributed by atoms with van der Waals surface area (Å²) in [6.45, 7) is 4.12. The lowest BCUT2D eigenvalue weighted by molar-refractivity contribution is -0.206. The van der Waals surface area contributed by atoms with Crippen LogP contribution in [0.15, 0.2) is 72.8 Å². The van der Waals surface area contributed by atoms with Gasteiger partial charge in [0.05, 0.1) is 5.56 Å². The number of rotatable bonds is 17. The number of ether oxygens (including phenoxy) is 2. The first-order valence-electron chi connectivity index (χ1n) is 15.5. The standard InChI is InChI=1S/C36H43F3O4/c1-3-5-7-9-10-15-19-34(40)42-32-26-30(35(41)43-33(36(37,38)39)18-14-8-6-4-2)24-25-31(32)29-22-20-28(21-23-29)27-16-12-11-13-17-27/h11-13,16-17,20-26,33H,3-10,14-15,18-19H2,1-2H3. The van der Waals surface area contributed by atoms with Gasteiger partial charge in [-0.05, 0) is 54.2 Å². The molecule has 0 aliphatic heterocycles. The van der Waals surface area contributed by atoms with E-state index in [1.54, 1.807) is 6.07 Å². The summed E-state index contributed by atoms with van der Waals surface area (Å²) >= 11 is 0. The zero-order valence-corrected chi connectivity index (χ0v) is 25.3. The molecule has 232 valence electrons. The molecule has 0 saturated carbocycles. The summed E-state index contributed by atoms with van der Waals surface area (Å²) < 4.78 is 51.7. The van der Waals surface area contributed by atoms with Crippen molar-refractivity contribution in [2.45, 2.75) is 103 Å². The maximum absolute atomic E-state index is 13.7. The fourth-order valence-corrected chi connectivity index (χ4v) is 4.91. The molecule has 0 amide bonds. The van der Waals surface area contributed by atoms with Gasteiger partial charge in [-0.2, -0.15) is 13.2 Å². The van der Waals surface area contributed by atoms with Crippen molar-refractivity contribution in [2.24, 2.45) is 0 Å². The fraction of sp³-hybridized carbons (Fsp3) is 0.444. The van der Waals surface area contributed by atoms with Crippen molar-refractivity contribution >= 4 is 11.9 Å². The second-order valence-corrected chi connectivity index (χ2v) is 10.9. The minimum atomic E-state index is -4.67. The second-order valence-electron chi connectivity index (χ2n) is 10.9. The summed E-state index contributed by atoms with van der Waals surface area (Å²) in [5, 5.41) is 0. The number of alkyl halides is 3. The number of hydrogen-bond acceptors (Lipinski definition) is 4. The van der Waals surface area contributed by atoms with Gasteiger partial charge < -0.3 is 9.47 Å². The Bertz CT molecular complexity index is 1270. The fourth-order valence-electron chi connectivity index (χ4n) is 4.91. The zero-order valence-electron chi connectivity index (χ0n) is 25.3. The van der Waals surface area contributed by atoms with Gasteiger partial charge in [-0.3, -0.25) is 4.79 Å². The van der Waals surface area contributed by atoms with E-state index in [0.29, 0.717) is 24.8 Å². The zero-order chi connectivity index (χ0) is 31.1. The predicted molar refractivity (Wildman–Crippen MR) is 165 cm³/mol. The number of benzene rings is 3. The van der Waals surface area contributed by atoms with Gasteiger partial charge in [-0.1, -0.05) is 120 Å². The summed E-state index contributed by atoms with van der Waals surface area (Å²) in [4.78, 5) is 25.7. The van der Waals surface area contributed by atoms with Gasteiger partial charge in [0.15, 0.2) is 6.10 Å². The first kappa shape index (κ1) is 33.9. The Labute approximate surface area is 253 Å². The maximum Gasteiger partial charge on any atom is 0.425 e. The first-order chi connectivity index (χ1) is 20.7. The Morgan fingerprint density at radius 2 is 1.28 bits per heavy atom. The van der Waals surface area contributed by atoms with E-state index < -0.39 is 24.2 Å². The number of carbonyl (C=O) groups is 2. The highest BCUT2D eigenvalue weighted by Crippen LogP contribution is 2.34. The average molecular weight is 597 g/mol. The van der Waals surface area contributed by atoms with Crippen LogP contribution in [0.4, 0.5) is 13.2 Å². The molecule has 1 atom stereocenters. The lowest BCUT2D eigenvalue weighted by Crippen LogP contribution is -2.33. The Hall–Kier alpha value is -3.61. The molecule has 3 rings (SSSR count). The van der Waals surface area contributed by atoms with Crippen molar-refractivity contribution in [3.63, 3.8) is 0 Å². The van der Waals surface area contributed by atoms with Crippen LogP contribution in [0, 0.1) is 0 Å². The third-order valence-electron chi connectivity index (χ3n) is 7.41. The van der Waals surface area contributed by atoms with Crippen LogP contribution in [0.1, 0.15) is 101 Å². The molecular weight excluding hydrogens is 553 g/mol. The third kappa shape index (κ3) is 11.2. The van der Waals surface area contributed by atoms with Gasteiger partial charge in [-0.25, -0.2) is 4.79 Å². The molecule has 0 spiro atoms. The lowest BCUT2D eigenvalue weighted by Gasteiger charge is -2.21. The molecule has 0 aromatic heterocycles. The van der Waals surface area contributed by atoms with Crippen molar-refractivity contribution in [2.75, 3.05) is 0 Å². The molecule has 0 aliphatic rings. The van der Waals surface area contributed by atoms with Gasteiger partial charge in [0, 0.05) is 12.0 Å². The molecule has 1 unspecified atom stereocenters. The summed E-state index contributed by atoms with van der Waals surface area (Å²) in [7, 11) is 0. The Balaban J connectivity index is 1.82. The monoisotopic (exact) mass is 596 g/mol. The molecule has 0 fully saturated rings. The van der Waals surface area contributed by atoms with Crippen LogP contribution in [-0.2, 0) is 9.53 Å². The summed E-state index contributed by atoms with van der Waals surface area (Å²) in [5.41, 5.74) is 3.25. The SMILES string of the molecule is CCCCCCCCC(=O)Oc1cc(C(=O)OC(CCCCCC)C(F)(F)F)ccc1-c1ccc(-c2ccccc2)cc1. The van der Waals surface area contributed by atoms with Gasteiger partial charge in [-0.15, -0.1) is 0 Å². The molecule has 0 heterocycles. The lowest BCUT2D eigenvalue weighted by atomic mass is 9.98. The normalized spacial score (nSPS) is 12.1. The van der Waals surface area contributed by atoms with Gasteiger partial charge in [0.2, 0.25) is 0 Å². The molecular formula is C36H43F3O4. The summed E-state index contributed by atoms with van der Waals surface area (Å²) in [5.74, 6) is -1.44. The van der Waals surface area contributed by atoms with Crippen molar-refractivity contribution in [1.29, 1.82) is 0 Å². The Kier molecular flexibility index (Phi) is 13.8. The molecule has 0 saturated heterocycles. The number of unbranched alkanes of at least 4 members (excludes halogenated alkanes) is 8. The van der Waals surface area contributed by atoms with Crippen molar-refractivity contribution in [3.8, 4) is 28.0 Å². The van der Waals surface area contributed by atoms with Crippen molar-refractivity contribution < 1.29 is 32.2 Å². The number of halogens is 3. The van der Waals surface area contributed by atoms with Crippen LogP contribution < -0.4 is 4.74 Å². The van der Waals surface area contributed by atoms with E-state index in [1.807, 2.05) is 61.5 Å². The van der Waals surface area contributed by atoms with E-state index in [9.17, 15) is 22.8 Å². The largest absolute Gasteiger partial charge is 0.449 e. The van der Waals surface area contributed by atoms with Crippen molar-refractivity contribution in [1.82, 2.24) is 0 Å². The Morgan fingerprint density at radius 3 is 1.93 bits per heavy atom.